The highest BCUT2D eigenvalue weighted by molar-refractivity contribution is 7.47. The standard InChI is InChI=1S/C76H148O17P2/c1-8-10-11-12-13-36-43-50-57-73(78)86-63-71(93-76(81)60-53-46-39-32-26-28-34-41-48-55-68(5)6)65-90-94(82,83)88-61-70(77)62-89-95(84,85)91-66-72(64-87-74(79)58-51-44-37-30-24-20-16-14-18-22-27-33-40-47-54-67(3)4)92-75(80)59-52-45-38-31-25-21-17-15-19-23-29-35-42-49-56-69(7)9-2/h67-72,77H,8-66H2,1-7H3,(H,82,83)(H,84,85)/t69?,70-,71+,72+/m0/s1. The number of hydrogen-bond donors (Lipinski definition) is 3. The minimum absolute atomic E-state index is 0.105. The van der Waals surface area contributed by atoms with Crippen LogP contribution in [0.3, 0.4) is 0 Å². The molecule has 0 aliphatic heterocycles. The van der Waals surface area contributed by atoms with Crippen molar-refractivity contribution in [3.8, 4) is 0 Å². The molecule has 95 heavy (non-hydrogen) atoms. The molecule has 564 valence electrons. The highest BCUT2D eigenvalue weighted by atomic mass is 31.2. The van der Waals surface area contributed by atoms with Gasteiger partial charge >= 0.3 is 39.5 Å². The molecular formula is C76H148O17P2. The van der Waals surface area contributed by atoms with Gasteiger partial charge in [0.15, 0.2) is 12.2 Å². The predicted molar refractivity (Wildman–Crippen MR) is 386 cm³/mol. The van der Waals surface area contributed by atoms with E-state index in [1.54, 1.807) is 0 Å². The first-order chi connectivity index (χ1) is 45.8. The highest BCUT2D eigenvalue weighted by Crippen LogP contribution is 2.45. The molecule has 0 aliphatic rings. The zero-order chi connectivity index (χ0) is 70.1. The van der Waals surface area contributed by atoms with Crippen LogP contribution in [0.25, 0.3) is 0 Å². The predicted octanol–water partition coefficient (Wildman–Crippen LogP) is 22.2. The Hall–Kier alpha value is -1.94. The number of phosphoric acid groups is 2. The normalized spacial score (nSPS) is 14.4. The lowest BCUT2D eigenvalue weighted by Crippen LogP contribution is -2.30. The smallest absolute Gasteiger partial charge is 0.462 e. The third-order valence-electron chi connectivity index (χ3n) is 18.0. The quantitative estimate of drug-likeness (QED) is 0.0222. The summed E-state index contributed by atoms with van der Waals surface area (Å²) in [7, 11) is -9.91. The number of aliphatic hydroxyl groups excluding tert-OH is 1. The van der Waals surface area contributed by atoms with Crippen molar-refractivity contribution in [1.29, 1.82) is 0 Å². The Balaban J connectivity index is 5.22. The number of rotatable bonds is 74. The van der Waals surface area contributed by atoms with Gasteiger partial charge in [-0.15, -0.1) is 0 Å². The van der Waals surface area contributed by atoms with E-state index in [-0.39, 0.29) is 25.7 Å². The number of aliphatic hydroxyl groups is 1. The number of esters is 4. The summed E-state index contributed by atoms with van der Waals surface area (Å²) in [6, 6.07) is 0. The first kappa shape index (κ1) is 93.1. The van der Waals surface area contributed by atoms with Gasteiger partial charge in [-0.3, -0.25) is 37.3 Å². The number of hydrogen-bond acceptors (Lipinski definition) is 15. The van der Waals surface area contributed by atoms with E-state index >= 15 is 0 Å². The second kappa shape index (κ2) is 66.6. The minimum Gasteiger partial charge on any atom is -0.462 e. The minimum atomic E-state index is -4.96. The molecule has 0 aliphatic carbocycles. The van der Waals surface area contributed by atoms with Crippen molar-refractivity contribution >= 4 is 39.5 Å². The number of carbonyl (C=O) groups excluding carboxylic acids is 4. The van der Waals surface area contributed by atoms with Crippen LogP contribution in [0.4, 0.5) is 0 Å². The van der Waals surface area contributed by atoms with E-state index in [1.165, 1.54) is 193 Å². The summed E-state index contributed by atoms with van der Waals surface area (Å²) in [5, 5.41) is 10.6. The van der Waals surface area contributed by atoms with Gasteiger partial charge in [0, 0.05) is 25.7 Å². The van der Waals surface area contributed by atoms with Crippen molar-refractivity contribution in [3.63, 3.8) is 0 Å². The Bertz CT molecular complexity index is 1850. The van der Waals surface area contributed by atoms with Gasteiger partial charge in [0.05, 0.1) is 26.4 Å². The second-order valence-electron chi connectivity index (χ2n) is 28.6. The Morgan fingerprint density at radius 1 is 0.305 bits per heavy atom. The molecule has 0 radical (unpaired) electrons. The van der Waals surface area contributed by atoms with Crippen LogP contribution in [0.2, 0.25) is 0 Å². The third-order valence-corrected chi connectivity index (χ3v) is 19.9. The maximum Gasteiger partial charge on any atom is 0.472 e. The molecule has 0 heterocycles. The molecule has 0 aromatic rings. The lowest BCUT2D eigenvalue weighted by molar-refractivity contribution is -0.161. The molecule has 0 rings (SSSR count). The Morgan fingerprint density at radius 2 is 0.537 bits per heavy atom. The van der Waals surface area contributed by atoms with Crippen LogP contribution in [-0.2, 0) is 65.4 Å². The molecule has 0 aromatic heterocycles. The number of phosphoric ester groups is 2. The SMILES string of the molecule is CCCCCCCCCCC(=O)OC[C@H](COP(=O)(O)OC[C@H](O)COP(=O)(O)OC[C@@H](COC(=O)CCCCCCCCCCCCCCCCC(C)C)OC(=O)CCCCCCCCCCCCCCCCC(C)CC)OC(=O)CCCCCCCCCCCC(C)C. The number of carbonyl (C=O) groups is 4. The molecule has 0 saturated heterocycles. The third kappa shape index (κ3) is 69.0. The summed E-state index contributed by atoms with van der Waals surface area (Å²) in [6.07, 6.45) is 52.7. The largest absolute Gasteiger partial charge is 0.472 e. The van der Waals surface area contributed by atoms with E-state index in [4.69, 9.17) is 37.0 Å². The molecule has 3 N–H and O–H groups in total. The molecule has 6 atom stereocenters. The van der Waals surface area contributed by atoms with Crippen molar-refractivity contribution in [2.24, 2.45) is 17.8 Å². The van der Waals surface area contributed by atoms with E-state index in [0.29, 0.717) is 25.7 Å². The van der Waals surface area contributed by atoms with Gasteiger partial charge in [0.2, 0.25) is 0 Å². The number of unbranched alkanes of at least 4 members (excludes halogenated alkanes) is 41. The van der Waals surface area contributed by atoms with Crippen molar-refractivity contribution < 1.29 is 80.2 Å². The fraction of sp³-hybridized carbons (Fsp3) is 0.947. The summed E-state index contributed by atoms with van der Waals surface area (Å²) in [6.45, 7) is 11.9. The summed E-state index contributed by atoms with van der Waals surface area (Å²) in [5.41, 5.74) is 0. The van der Waals surface area contributed by atoms with Crippen LogP contribution >= 0.6 is 15.6 Å². The lowest BCUT2D eigenvalue weighted by atomic mass is 9.99. The van der Waals surface area contributed by atoms with Crippen LogP contribution in [-0.4, -0.2) is 96.7 Å². The van der Waals surface area contributed by atoms with E-state index in [1.807, 2.05) is 0 Å². The van der Waals surface area contributed by atoms with Crippen molar-refractivity contribution in [2.45, 2.75) is 407 Å². The molecule has 0 bridgehead atoms. The zero-order valence-corrected chi connectivity index (χ0v) is 63.9. The van der Waals surface area contributed by atoms with E-state index in [0.717, 1.165) is 114 Å². The topological polar surface area (TPSA) is 237 Å². The molecule has 0 saturated carbocycles. The van der Waals surface area contributed by atoms with Crippen LogP contribution in [0, 0.1) is 17.8 Å². The average Bonchev–Trinajstić information content (AvgIpc) is 1.92. The van der Waals surface area contributed by atoms with E-state index in [2.05, 4.69) is 48.5 Å². The van der Waals surface area contributed by atoms with Crippen LogP contribution in [0.5, 0.6) is 0 Å². The molecule has 3 unspecified atom stereocenters. The highest BCUT2D eigenvalue weighted by Gasteiger charge is 2.30. The lowest BCUT2D eigenvalue weighted by Gasteiger charge is -2.21. The van der Waals surface area contributed by atoms with Crippen molar-refractivity contribution in [3.05, 3.63) is 0 Å². The van der Waals surface area contributed by atoms with Gasteiger partial charge in [0.1, 0.15) is 19.3 Å². The fourth-order valence-corrected chi connectivity index (χ4v) is 13.1. The summed E-state index contributed by atoms with van der Waals surface area (Å²) >= 11 is 0. The maximum absolute atomic E-state index is 13.1. The number of ether oxygens (including phenoxy) is 4. The van der Waals surface area contributed by atoms with Crippen molar-refractivity contribution in [2.75, 3.05) is 39.6 Å². The Morgan fingerprint density at radius 3 is 0.800 bits per heavy atom. The summed E-state index contributed by atoms with van der Waals surface area (Å²) < 4.78 is 68.5. The Labute approximate surface area is 581 Å². The average molecular weight is 1400 g/mol. The van der Waals surface area contributed by atoms with Crippen LogP contribution in [0.1, 0.15) is 389 Å². The molecular weight excluding hydrogens is 1250 g/mol. The van der Waals surface area contributed by atoms with Gasteiger partial charge in [0.25, 0.3) is 0 Å². The zero-order valence-electron chi connectivity index (χ0n) is 62.1. The summed E-state index contributed by atoms with van der Waals surface area (Å²) in [4.78, 5) is 72.7. The van der Waals surface area contributed by atoms with Gasteiger partial charge < -0.3 is 33.8 Å². The van der Waals surface area contributed by atoms with E-state index < -0.39 is 97.5 Å². The molecule has 0 aromatic carbocycles. The molecule has 0 amide bonds. The molecule has 0 fully saturated rings. The summed E-state index contributed by atoms with van der Waals surface area (Å²) in [5.74, 6) is 0.261. The van der Waals surface area contributed by atoms with Gasteiger partial charge in [-0.1, -0.05) is 337 Å². The van der Waals surface area contributed by atoms with Gasteiger partial charge in [-0.2, -0.15) is 0 Å². The monoisotopic (exact) mass is 1400 g/mol. The molecule has 19 heteroatoms. The molecule has 0 spiro atoms. The van der Waals surface area contributed by atoms with Crippen molar-refractivity contribution in [1.82, 2.24) is 0 Å². The van der Waals surface area contributed by atoms with Crippen LogP contribution in [0.15, 0.2) is 0 Å². The fourth-order valence-electron chi connectivity index (χ4n) is 11.6. The first-order valence-corrected chi connectivity index (χ1v) is 42.4. The van der Waals surface area contributed by atoms with Crippen LogP contribution < -0.4 is 0 Å². The molecule has 17 nitrogen and oxygen atoms in total. The maximum atomic E-state index is 13.1. The van der Waals surface area contributed by atoms with Gasteiger partial charge in [-0.25, -0.2) is 9.13 Å². The first-order valence-electron chi connectivity index (χ1n) is 39.4. The Kier molecular flexibility index (Phi) is 65.2. The van der Waals surface area contributed by atoms with Gasteiger partial charge in [-0.05, 0) is 43.4 Å². The van der Waals surface area contributed by atoms with E-state index in [9.17, 15) is 43.2 Å². The second-order valence-corrected chi connectivity index (χ2v) is 31.5.